The first kappa shape index (κ1) is 28.4. The van der Waals surface area contributed by atoms with Gasteiger partial charge in [0.05, 0.1) is 0 Å². The average molecular weight is 556 g/mol. The summed E-state index contributed by atoms with van der Waals surface area (Å²) < 4.78 is 5.84. The van der Waals surface area contributed by atoms with Gasteiger partial charge < -0.3 is 20.1 Å². The van der Waals surface area contributed by atoms with E-state index in [4.69, 9.17) is 9.84 Å². The number of carboxylic acids is 1. The normalized spacial score (nSPS) is 18.0. The molecule has 3 aromatic rings. The Balaban J connectivity index is 1.31. The molecule has 8 heteroatoms. The molecule has 5 rings (SSSR count). The van der Waals surface area contributed by atoms with Crippen molar-refractivity contribution >= 4 is 18.0 Å². The van der Waals surface area contributed by atoms with E-state index < -0.39 is 17.6 Å². The van der Waals surface area contributed by atoms with Gasteiger partial charge in [-0.3, -0.25) is 14.5 Å². The van der Waals surface area contributed by atoms with Crippen LogP contribution in [0.25, 0.3) is 11.1 Å². The van der Waals surface area contributed by atoms with Crippen LogP contribution in [0.3, 0.4) is 0 Å². The zero-order valence-electron chi connectivity index (χ0n) is 23.4. The molecule has 0 aromatic heterocycles. The maximum atomic E-state index is 14.0. The number of ether oxygens (including phenoxy) is 1. The largest absolute Gasteiger partial charge is 0.481 e. The van der Waals surface area contributed by atoms with Crippen LogP contribution >= 0.6 is 0 Å². The van der Waals surface area contributed by atoms with Crippen LogP contribution in [-0.4, -0.2) is 71.2 Å². The zero-order chi connectivity index (χ0) is 28.8. The number of likely N-dealkylation sites (tertiary alicyclic amines) is 1. The third-order valence-electron chi connectivity index (χ3n) is 8.18. The Morgan fingerprint density at radius 1 is 0.976 bits per heavy atom. The number of nitrogens with one attached hydrogen (secondary N) is 1. The maximum absolute atomic E-state index is 14.0. The van der Waals surface area contributed by atoms with Crippen LogP contribution in [0.5, 0.6) is 0 Å². The Labute approximate surface area is 240 Å². The summed E-state index contributed by atoms with van der Waals surface area (Å²) in [5.41, 5.74) is 4.52. The van der Waals surface area contributed by atoms with Gasteiger partial charge in [-0.2, -0.15) is 0 Å². The summed E-state index contributed by atoms with van der Waals surface area (Å²) in [6.45, 7) is 4.41. The molecule has 2 N–H and O–H groups in total. The molecule has 41 heavy (non-hydrogen) atoms. The van der Waals surface area contributed by atoms with Crippen molar-refractivity contribution in [2.24, 2.45) is 0 Å². The molecule has 1 unspecified atom stereocenters. The zero-order valence-corrected chi connectivity index (χ0v) is 23.4. The van der Waals surface area contributed by atoms with Gasteiger partial charge in [-0.15, -0.1) is 0 Å². The van der Waals surface area contributed by atoms with Gasteiger partial charge in [-0.05, 0) is 47.6 Å². The highest BCUT2D eigenvalue weighted by Gasteiger charge is 2.48. The van der Waals surface area contributed by atoms with E-state index in [9.17, 15) is 14.4 Å². The van der Waals surface area contributed by atoms with Crippen LogP contribution in [0.15, 0.2) is 78.9 Å². The number of amides is 2. The highest BCUT2D eigenvalue weighted by molar-refractivity contribution is 5.91. The Kier molecular flexibility index (Phi) is 8.69. The van der Waals surface area contributed by atoms with Crippen molar-refractivity contribution < 1.29 is 24.2 Å². The Bertz CT molecular complexity index is 1350. The van der Waals surface area contributed by atoms with Crippen molar-refractivity contribution in [3.8, 4) is 11.1 Å². The average Bonchev–Trinajstić information content (AvgIpc) is 3.53. The van der Waals surface area contributed by atoms with Crippen molar-refractivity contribution in [2.75, 3.05) is 32.8 Å². The molecule has 2 amide bonds. The molecule has 1 aliphatic heterocycles. The number of carbonyl (C=O) groups excluding carboxylic acids is 2. The predicted octanol–water partition coefficient (Wildman–Crippen LogP) is 4.88. The highest BCUT2D eigenvalue weighted by atomic mass is 16.5. The van der Waals surface area contributed by atoms with Crippen LogP contribution in [0.2, 0.25) is 0 Å². The van der Waals surface area contributed by atoms with Crippen molar-refractivity contribution in [1.29, 1.82) is 0 Å². The monoisotopic (exact) mass is 555 g/mol. The minimum Gasteiger partial charge on any atom is -0.481 e. The van der Waals surface area contributed by atoms with Crippen molar-refractivity contribution in [2.45, 2.75) is 44.2 Å². The number of hydrogen-bond acceptors (Lipinski definition) is 5. The summed E-state index contributed by atoms with van der Waals surface area (Å²) in [6, 6.07) is 26.4. The summed E-state index contributed by atoms with van der Waals surface area (Å²) in [6.07, 6.45) is 0.155. The molecule has 1 aliphatic carbocycles. The molecular weight excluding hydrogens is 518 g/mol. The quantitative estimate of drug-likeness (QED) is 0.350. The summed E-state index contributed by atoms with van der Waals surface area (Å²) >= 11 is 0. The van der Waals surface area contributed by atoms with E-state index in [1.165, 1.54) is 0 Å². The lowest BCUT2D eigenvalue weighted by molar-refractivity contribution is -0.140. The standard InChI is InChI=1S/C33H37N3O5/c1-2-36(19-10-17-30(37)38)31(39)33(18-20-35(23-33)21-24-11-4-3-5-12-24)34-32(40)41-22-29-27-15-8-6-13-25(27)26-14-7-9-16-28(26)29/h3-9,11-16,29H,2,10,17-23H2,1H3,(H,34,40)(H,37,38). The third-order valence-corrected chi connectivity index (χ3v) is 8.18. The van der Waals surface area contributed by atoms with Crippen LogP contribution in [0.4, 0.5) is 4.79 Å². The summed E-state index contributed by atoms with van der Waals surface area (Å²) in [5.74, 6) is -1.18. The lowest BCUT2D eigenvalue weighted by Gasteiger charge is -2.34. The van der Waals surface area contributed by atoms with Gasteiger partial charge in [0, 0.05) is 45.1 Å². The fourth-order valence-electron chi connectivity index (χ4n) is 6.15. The second kappa shape index (κ2) is 12.6. The summed E-state index contributed by atoms with van der Waals surface area (Å²) in [7, 11) is 0. The molecule has 0 radical (unpaired) electrons. The smallest absolute Gasteiger partial charge is 0.408 e. The SMILES string of the molecule is CCN(CCCC(=O)O)C(=O)C1(NC(=O)OCC2c3ccccc3-c3ccccc32)CCN(Cc2ccccc2)C1. The number of nitrogens with zero attached hydrogens (tertiary/aromatic N) is 2. The minimum atomic E-state index is -1.16. The van der Waals surface area contributed by atoms with Crippen LogP contribution in [0, 0.1) is 0 Å². The first-order valence-corrected chi connectivity index (χ1v) is 14.3. The second-order valence-electron chi connectivity index (χ2n) is 10.9. The highest BCUT2D eigenvalue weighted by Crippen LogP contribution is 2.44. The predicted molar refractivity (Wildman–Crippen MR) is 156 cm³/mol. The van der Waals surface area contributed by atoms with Gasteiger partial charge in [0.2, 0.25) is 5.91 Å². The Hall–Kier alpha value is -4.17. The molecule has 3 aromatic carbocycles. The van der Waals surface area contributed by atoms with Gasteiger partial charge in [0.1, 0.15) is 12.1 Å². The lowest BCUT2D eigenvalue weighted by Crippen LogP contribution is -2.61. The first-order chi connectivity index (χ1) is 19.9. The van der Waals surface area contributed by atoms with Crippen molar-refractivity contribution in [3.63, 3.8) is 0 Å². The first-order valence-electron chi connectivity index (χ1n) is 14.3. The topological polar surface area (TPSA) is 99.2 Å². The lowest BCUT2D eigenvalue weighted by atomic mass is 9.96. The van der Waals surface area contributed by atoms with Crippen molar-refractivity contribution in [1.82, 2.24) is 15.1 Å². The van der Waals surface area contributed by atoms with E-state index in [1.54, 1.807) is 4.90 Å². The molecule has 0 saturated carbocycles. The Morgan fingerprint density at radius 3 is 2.24 bits per heavy atom. The molecular formula is C33H37N3O5. The van der Waals surface area contributed by atoms with Gasteiger partial charge in [0.15, 0.2) is 0 Å². The number of carbonyl (C=O) groups is 3. The molecule has 8 nitrogen and oxygen atoms in total. The number of likely N-dealkylation sites (N-methyl/N-ethyl adjacent to an activating group) is 1. The second-order valence-corrected chi connectivity index (χ2v) is 10.9. The molecule has 1 atom stereocenters. The van der Waals surface area contributed by atoms with Crippen LogP contribution < -0.4 is 5.32 Å². The molecule has 214 valence electrons. The fraction of sp³-hybridized carbons (Fsp3) is 0.364. The fourth-order valence-corrected chi connectivity index (χ4v) is 6.15. The number of benzene rings is 3. The van der Waals surface area contributed by atoms with Gasteiger partial charge >= 0.3 is 12.1 Å². The number of fused-ring (bicyclic) bond motifs is 3. The van der Waals surface area contributed by atoms with E-state index in [-0.39, 0.29) is 24.9 Å². The molecule has 1 saturated heterocycles. The maximum Gasteiger partial charge on any atom is 0.408 e. The van der Waals surface area contributed by atoms with E-state index in [2.05, 4.69) is 34.5 Å². The third kappa shape index (κ3) is 6.28. The van der Waals surface area contributed by atoms with Gasteiger partial charge in [0.25, 0.3) is 0 Å². The minimum absolute atomic E-state index is 0.0171. The van der Waals surface area contributed by atoms with Gasteiger partial charge in [-0.1, -0.05) is 78.9 Å². The molecule has 2 aliphatic rings. The van der Waals surface area contributed by atoms with E-state index in [0.717, 1.165) is 27.8 Å². The molecule has 0 bridgehead atoms. The van der Waals surface area contributed by atoms with Crippen LogP contribution in [0.1, 0.15) is 48.8 Å². The Morgan fingerprint density at radius 2 is 1.61 bits per heavy atom. The van der Waals surface area contributed by atoms with E-state index in [0.29, 0.717) is 45.6 Å². The molecule has 0 spiro atoms. The number of aliphatic carboxylic acids is 1. The van der Waals surface area contributed by atoms with E-state index in [1.807, 2.05) is 61.5 Å². The number of carboxylic acid groups (broad SMARTS) is 1. The number of hydrogen-bond donors (Lipinski definition) is 2. The van der Waals surface area contributed by atoms with Crippen LogP contribution in [-0.2, 0) is 20.9 Å². The van der Waals surface area contributed by atoms with Crippen molar-refractivity contribution in [3.05, 3.63) is 95.6 Å². The molecule has 1 heterocycles. The number of rotatable bonds is 11. The number of alkyl carbamates (subject to hydrolysis) is 1. The van der Waals surface area contributed by atoms with E-state index >= 15 is 0 Å². The summed E-state index contributed by atoms with van der Waals surface area (Å²) in [4.78, 5) is 42.2. The van der Waals surface area contributed by atoms with Gasteiger partial charge in [-0.25, -0.2) is 4.79 Å². The molecule has 1 fully saturated rings. The summed E-state index contributed by atoms with van der Waals surface area (Å²) in [5, 5.41) is 12.1.